The Morgan fingerprint density at radius 1 is 1.47 bits per heavy atom. The van der Waals surface area contributed by atoms with Crippen LogP contribution < -0.4 is 4.74 Å². The van der Waals surface area contributed by atoms with E-state index in [0.717, 1.165) is 12.1 Å². The molecule has 0 heterocycles. The first-order valence-electron chi connectivity index (χ1n) is 4.48. The first-order chi connectivity index (χ1) is 7.70. The number of halogens is 4. The normalized spacial score (nSPS) is 13.2. The van der Waals surface area contributed by atoms with Crippen molar-refractivity contribution in [2.24, 2.45) is 0 Å². The minimum atomic E-state index is -4.87. The van der Waals surface area contributed by atoms with Gasteiger partial charge in [0.15, 0.2) is 0 Å². The highest BCUT2D eigenvalue weighted by Gasteiger charge is 2.32. The van der Waals surface area contributed by atoms with E-state index in [-0.39, 0.29) is 10.6 Å². The van der Waals surface area contributed by atoms with Crippen LogP contribution in [0.3, 0.4) is 0 Å². The van der Waals surface area contributed by atoms with Crippen LogP contribution in [-0.2, 0) is 4.79 Å². The van der Waals surface area contributed by atoms with Gasteiger partial charge in [-0.1, -0.05) is 17.7 Å². The number of ether oxygens (including phenoxy) is 1. The average Bonchev–Trinajstić information content (AvgIpc) is 2.18. The van der Waals surface area contributed by atoms with E-state index in [2.05, 4.69) is 4.74 Å². The lowest BCUT2D eigenvalue weighted by Gasteiger charge is -2.13. The number of carboxylic acids is 1. The number of carbonyl (C=O) groups is 1. The summed E-state index contributed by atoms with van der Waals surface area (Å²) in [7, 11) is 0. The topological polar surface area (TPSA) is 46.5 Å². The van der Waals surface area contributed by atoms with E-state index >= 15 is 0 Å². The summed E-state index contributed by atoms with van der Waals surface area (Å²) in [6, 6.07) is 3.47. The lowest BCUT2D eigenvalue weighted by Crippen LogP contribution is -2.18. The molecule has 1 unspecified atom stereocenters. The molecule has 0 amide bonds. The maximum atomic E-state index is 12.0. The number of carboxylic acid groups (broad SMARTS) is 1. The molecule has 7 heteroatoms. The molecule has 0 spiro atoms. The van der Waals surface area contributed by atoms with Gasteiger partial charge in [0.1, 0.15) is 5.75 Å². The molecular formula is C10H8ClF3O3. The van der Waals surface area contributed by atoms with E-state index in [4.69, 9.17) is 16.7 Å². The van der Waals surface area contributed by atoms with Crippen molar-refractivity contribution in [2.75, 3.05) is 0 Å². The van der Waals surface area contributed by atoms with Gasteiger partial charge in [-0.05, 0) is 24.6 Å². The Kier molecular flexibility index (Phi) is 3.87. The van der Waals surface area contributed by atoms with Gasteiger partial charge in [0, 0.05) is 0 Å². The molecule has 0 aliphatic heterocycles. The molecule has 94 valence electrons. The summed E-state index contributed by atoms with van der Waals surface area (Å²) >= 11 is 5.51. The third-order valence-electron chi connectivity index (χ3n) is 2.05. The zero-order valence-corrected chi connectivity index (χ0v) is 9.34. The Bertz CT molecular complexity index is 431. The summed E-state index contributed by atoms with van der Waals surface area (Å²) in [5.74, 6) is -2.70. The van der Waals surface area contributed by atoms with E-state index in [0.29, 0.717) is 0 Å². The summed E-state index contributed by atoms with van der Waals surface area (Å²) in [5, 5.41) is 8.50. The summed E-state index contributed by atoms with van der Waals surface area (Å²) in [5.41, 5.74) is 0.182. The Morgan fingerprint density at radius 3 is 2.53 bits per heavy atom. The predicted molar refractivity (Wildman–Crippen MR) is 54.2 cm³/mol. The van der Waals surface area contributed by atoms with Crippen LogP contribution in [0.25, 0.3) is 0 Å². The third-order valence-corrected chi connectivity index (χ3v) is 2.36. The zero-order valence-electron chi connectivity index (χ0n) is 8.58. The molecule has 0 radical (unpaired) electrons. The summed E-state index contributed by atoms with van der Waals surface area (Å²) in [6.45, 7) is 1.35. The van der Waals surface area contributed by atoms with Crippen molar-refractivity contribution < 1.29 is 27.8 Å². The van der Waals surface area contributed by atoms with Crippen molar-refractivity contribution in [3.8, 4) is 5.75 Å². The first kappa shape index (κ1) is 13.6. The van der Waals surface area contributed by atoms with E-state index in [1.54, 1.807) is 0 Å². The molecule has 1 aromatic carbocycles. The van der Waals surface area contributed by atoms with Crippen molar-refractivity contribution >= 4 is 17.6 Å². The quantitative estimate of drug-likeness (QED) is 0.913. The fraction of sp³-hybridized carbons (Fsp3) is 0.300. The van der Waals surface area contributed by atoms with Crippen molar-refractivity contribution in [3.63, 3.8) is 0 Å². The highest BCUT2D eigenvalue weighted by molar-refractivity contribution is 6.32. The van der Waals surface area contributed by atoms with Gasteiger partial charge >= 0.3 is 12.3 Å². The molecule has 17 heavy (non-hydrogen) atoms. The molecule has 0 saturated heterocycles. The molecule has 0 fully saturated rings. The standard InChI is InChI=1S/C10H8ClF3O3/c1-5(9(15)16)6-2-3-7(11)8(4-6)17-10(12,13)14/h2-5H,1H3,(H,15,16). The van der Waals surface area contributed by atoms with Crippen molar-refractivity contribution in [1.29, 1.82) is 0 Å². The lowest BCUT2D eigenvalue weighted by molar-refractivity contribution is -0.274. The van der Waals surface area contributed by atoms with Gasteiger partial charge in [-0.2, -0.15) is 0 Å². The van der Waals surface area contributed by atoms with Crippen LogP contribution in [0, 0.1) is 0 Å². The number of hydrogen-bond acceptors (Lipinski definition) is 2. The van der Waals surface area contributed by atoms with Gasteiger partial charge < -0.3 is 9.84 Å². The molecule has 0 bridgehead atoms. The van der Waals surface area contributed by atoms with Crippen molar-refractivity contribution in [3.05, 3.63) is 28.8 Å². The SMILES string of the molecule is CC(C(=O)O)c1ccc(Cl)c(OC(F)(F)F)c1. The molecule has 1 atom stereocenters. The highest BCUT2D eigenvalue weighted by atomic mass is 35.5. The van der Waals surface area contributed by atoms with Crippen molar-refractivity contribution in [2.45, 2.75) is 19.2 Å². The second kappa shape index (κ2) is 4.83. The fourth-order valence-electron chi connectivity index (χ4n) is 1.13. The molecule has 1 N–H and O–H groups in total. The number of benzene rings is 1. The van der Waals surface area contributed by atoms with Crippen LogP contribution in [0.15, 0.2) is 18.2 Å². The number of alkyl halides is 3. The van der Waals surface area contributed by atoms with Crippen LogP contribution >= 0.6 is 11.6 Å². The van der Waals surface area contributed by atoms with E-state index in [9.17, 15) is 18.0 Å². The Labute approximate surface area is 99.8 Å². The van der Waals surface area contributed by atoms with E-state index in [1.807, 2.05) is 0 Å². The predicted octanol–water partition coefficient (Wildman–Crippen LogP) is 3.43. The summed E-state index contributed by atoms with van der Waals surface area (Å²) in [6.07, 6.45) is -4.87. The molecule has 0 aliphatic carbocycles. The molecule has 0 aliphatic rings. The van der Waals surface area contributed by atoms with Crippen molar-refractivity contribution in [1.82, 2.24) is 0 Å². The van der Waals surface area contributed by atoms with Gasteiger partial charge in [0.05, 0.1) is 10.9 Å². The largest absolute Gasteiger partial charge is 0.573 e. The third kappa shape index (κ3) is 3.81. The van der Waals surface area contributed by atoms with Gasteiger partial charge in [0.25, 0.3) is 0 Å². The molecule has 0 aromatic heterocycles. The Morgan fingerprint density at radius 2 is 2.06 bits per heavy atom. The second-order valence-electron chi connectivity index (χ2n) is 3.30. The van der Waals surface area contributed by atoms with Crippen LogP contribution in [0.4, 0.5) is 13.2 Å². The maximum absolute atomic E-state index is 12.0. The number of aliphatic carboxylic acids is 1. The monoisotopic (exact) mass is 268 g/mol. The molecule has 1 rings (SSSR count). The van der Waals surface area contributed by atoms with E-state index < -0.39 is 24.0 Å². The fourth-order valence-corrected chi connectivity index (χ4v) is 1.29. The smallest absolute Gasteiger partial charge is 0.481 e. The molecule has 3 nitrogen and oxygen atoms in total. The summed E-state index contributed by atoms with van der Waals surface area (Å²) < 4.78 is 39.7. The van der Waals surface area contributed by atoms with Gasteiger partial charge in [-0.3, -0.25) is 4.79 Å². The second-order valence-corrected chi connectivity index (χ2v) is 3.70. The zero-order chi connectivity index (χ0) is 13.2. The van der Waals surface area contributed by atoms with Crippen LogP contribution in [-0.4, -0.2) is 17.4 Å². The van der Waals surface area contributed by atoms with Crippen LogP contribution in [0.5, 0.6) is 5.75 Å². The summed E-state index contributed by atoms with van der Waals surface area (Å²) in [4.78, 5) is 10.7. The number of hydrogen-bond donors (Lipinski definition) is 1. The lowest BCUT2D eigenvalue weighted by atomic mass is 10.0. The van der Waals surface area contributed by atoms with Gasteiger partial charge in [-0.25, -0.2) is 0 Å². The van der Waals surface area contributed by atoms with Crippen LogP contribution in [0.1, 0.15) is 18.4 Å². The van der Waals surface area contributed by atoms with Gasteiger partial charge in [-0.15, -0.1) is 13.2 Å². The highest BCUT2D eigenvalue weighted by Crippen LogP contribution is 2.32. The maximum Gasteiger partial charge on any atom is 0.573 e. The Balaban J connectivity index is 3.06. The van der Waals surface area contributed by atoms with E-state index in [1.165, 1.54) is 13.0 Å². The van der Waals surface area contributed by atoms with Crippen LogP contribution in [0.2, 0.25) is 5.02 Å². The Hall–Kier alpha value is -1.43. The average molecular weight is 269 g/mol. The first-order valence-corrected chi connectivity index (χ1v) is 4.86. The molecule has 1 aromatic rings. The number of rotatable bonds is 3. The van der Waals surface area contributed by atoms with Gasteiger partial charge in [0.2, 0.25) is 0 Å². The minimum Gasteiger partial charge on any atom is -0.481 e. The minimum absolute atomic E-state index is 0.182. The molecule has 0 saturated carbocycles. The molecular weight excluding hydrogens is 261 g/mol.